The molecule has 46 heavy (non-hydrogen) atoms. The van der Waals surface area contributed by atoms with Crippen molar-refractivity contribution in [1.29, 1.82) is 0 Å². The molecule has 240 valence electrons. The van der Waals surface area contributed by atoms with Gasteiger partial charge in [0, 0.05) is 24.0 Å². The lowest BCUT2D eigenvalue weighted by atomic mass is 9.94. The van der Waals surface area contributed by atoms with Gasteiger partial charge in [0.15, 0.2) is 0 Å². The summed E-state index contributed by atoms with van der Waals surface area (Å²) in [6.45, 7) is 1.52. The summed E-state index contributed by atoms with van der Waals surface area (Å²) in [5.74, 6) is -0.736. The highest BCUT2D eigenvalue weighted by Crippen LogP contribution is 2.26. The van der Waals surface area contributed by atoms with Crippen molar-refractivity contribution in [3.05, 3.63) is 131 Å². The Morgan fingerprint density at radius 3 is 2.04 bits per heavy atom. The lowest BCUT2D eigenvalue weighted by Gasteiger charge is -2.35. The maximum atomic E-state index is 14.6. The molecule has 1 unspecified atom stereocenters. The van der Waals surface area contributed by atoms with Crippen LogP contribution in [0.3, 0.4) is 0 Å². The summed E-state index contributed by atoms with van der Waals surface area (Å²) in [6.07, 6.45) is 5.30. The summed E-state index contributed by atoms with van der Waals surface area (Å²) in [7, 11) is -4.13. The molecule has 7 nitrogen and oxygen atoms in total. The van der Waals surface area contributed by atoms with Crippen molar-refractivity contribution < 1.29 is 18.0 Å². The van der Waals surface area contributed by atoms with Crippen molar-refractivity contribution in [1.82, 2.24) is 10.2 Å². The first-order chi connectivity index (χ1) is 22.2. The number of amides is 2. The number of sulfonamides is 1. The molecule has 0 bridgehead atoms. The van der Waals surface area contributed by atoms with E-state index in [1.54, 1.807) is 42.5 Å². The molecule has 0 radical (unpaired) electrons. The summed E-state index contributed by atoms with van der Waals surface area (Å²) < 4.78 is 29.3. The molecule has 0 spiro atoms. The highest BCUT2D eigenvalue weighted by atomic mass is 35.5. The van der Waals surface area contributed by atoms with Crippen LogP contribution in [0.4, 0.5) is 5.69 Å². The first-order valence-corrected chi connectivity index (χ1v) is 17.6. The van der Waals surface area contributed by atoms with Crippen molar-refractivity contribution in [3.8, 4) is 0 Å². The van der Waals surface area contributed by atoms with Crippen LogP contribution in [0.5, 0.6) is 0 Å². The van der Waals surface area contributed by atoms with Gasteiger partial charge >= 0.3 is 0 Å². The Balaban J connectivity index is 1.55. The highest BCUT2D eigenvalue weighted by Gasteiger charge is 2.35. The van der Waals surface area contributed by atoms with Crippen LogP contribution in [0, 0.1) is 6.92 Å². The Labute approximate surface area is 277 Å². The average Bonchev–Trinajstić information content (AvgIpc) is 3.07. The SMILES string of the molecule is Cc1ccc(N(CC(=O)N(Cc2ccc(Cl)cc2)C(Cc2ccccc2)C(=O)NC2CCCCC2)S(=O)(=O)c2ccccc2)cc1. The molecule has 1 saturated carbocycles. The van der Waals surface area contributed by atoms with E-state index in [-0.39, 0.29) is 29.8 Å². The number of anilines is 1. The number of benzene rings is 4. The van der Waals surface area contributed by atoms with Crippen LogP contribution in [-0.2, 0) is 32.6 Å². The first-order valence-electron chi connectivity index (χ1n) is 15.7. The summed E-state index contributed by atoms with van der Waals surface area (Å²) in [5, 5.41) is 3.78. The molecule has 1 atom stereocenters. The van der Waals surface area contributed by atoms with Crippen LogP contribution in [0.1, 0.15) is 48.8 Å². The van der Waals surface area contributed by atoms with Gasteiger partial charge in [-0.05, 0) is 67.3 Å². The van der Waals surface area contributed by atoms with Gasteiger partial charge in [0.2, 0.25) is 11.8 Å². The number of carbonyl (C=O) groups is 2. The van der Waals surface area contributed by atoms with E-state index in [1.165, 1.54) is 17.0 Å². The van der Waals surface area contributed by atoms with E-state index in [0.29, 0.717) is 10.7 Å². The summed E-state index contributed by atoms with van der Waals surface area (Å²) >= 11 is 6.18. The van der Waals surface area contributed by atoms with Gasteiger partial charge in [-0.25, -0.2) is 8.42 Å². The molecule has 4 aromatic carbocycles. The smallest absolute Gasteiger partial charge is 0.264 e. The summed E-state index contributed by atoms with van der Waals surface area (Å²) in [6, 6.07) is 31.0. The molecule has 1 fully saturated rings. The fraction of sp³-hybridized carbons (Fsp3) is 0.297. The fourth-order valence-corrected chi connectivity index (χ4v) is 7.41. The molecular formula is C37H40ClN3O4S. The van der Waals surface area contributed by atoms with Crippen LogP contribution in [-0.4, -0.2) is 43.8 Å². The molecular weight excluding hydrogens is 618 g/mol. The van der Waals surface area contributed by atoms with Crippen molar-refractivity contribution in [2.45, 2.75) is 69.0 Å². The topological polar surface area (TPSA) is 86.8 Å². The zero-order valence-corrected chi connectivity index (χ0v) is 27.6. The number of hydrogen-bond acceptors (Lipinski definition) is 4. The molecule has 0 aromatic heterocycles. The fourth-order valence-electron chi connectivity index (χ4n) is 5.84. The van der Waals surface area contributed by atoms with E-state index < -0.39 is 28.5 Å². The van der Waals surface area contributed by atoms with E-state index in [0.717, 1.165) is 53.1 Å². The van der Waals surface area contributed by atoms with E-state index in [1.807, 2.05) is 61.5 Å². The second-order valence-electron chi connectivity index (χ2n) is 11.9. The van der Waals surface area contributed by atoms with E-state index >= 15 is 0 Å². The number of nitrogens with one attached hydrogen (secondary N) is 1. The second kappa shape index (κ2) is 15.4. The summed E-state index contributed by atoms with van der Waals surface area (Å²) in [5.41, 5.74) is 2.99. The number of nitrogens with zero attached hydrogens (tertiary/aromatic N) is 2. The Bertz CT molecular complexity index is 1690. The zero-order valence-electron chi connectivity index (χ0n) is 26.0. The first kappa shape index (κ1) is 33.2. The van der Waals surface area contributed by atoms with Crippen molar-refractivity contribution >= 4 is 39.1 Å². The molecule has 1 aliphatic carbocycles. The Morgan fingerprint density at radius 1 is 0.804 bits per heavy atom. The Kier molecular flexibility index (Phi) is 11.1. The van der Waals surface area contributed by atoms with Gasteiger partial charge in [0.25, 0.3) is 10.0 Å². The third-order valence-corrected chi connectivity index (χ3v) is 10.5. The maximum Gasteiger partial charge on any atom is 0.264 e. The van der Waals surface area contributed by atoms with Gasteiger partial charge in [-0.3, -0.25) is 13.9 Å². The van der Waals surface area contributed by atoms with Crippen LogP contribution in [0.2, 0.25) is 5.02 Å². The Morgan fingerprint density at radius 2 is 1.41 bits per heavy atom. The normalized spacial score (nSPS) is 14.3. The van der Waals surface area contributed by atoms with Crippen molar-refractivity contribution in [3.63, 3.8) is 0 Å². The van der Waals surface area contributed by atoms with E-state index in [9.17, 15) is 18.0 Å². The molecule has 2 amide bonds. The van der Waals surface area contributed by atoms with Gasteiger partial charge in [0.05, 0.1) is 10.6 Å². The van der Waals surface area contributed by atoms with Gasteiger partial charge in [0.1, 0.15) is 12.6 Å². The molecule has 0 aliphatic heterocycles. The van der Waals surface area contributed by atoms with Gasteiger partial charge in [-0.1, -0.05) is 109 Å². The average molecular weight is 658 g/mol. The number of halogens is 1. The zero-order chi connectivity index (χ0) is 32.5. The quantitative estimate of drug-likeness (QED) is 0.179. The number of rotatable bonds is 12. The van der Waals surface area contributed by atoms with E-state index in [2.05, 4.69) is 5.32 Å². The van der Waals surface area contributed by atoms with E-state index in [4.69, 9.17) is 11.6 Å². The maximum absolute atomic E-state index is 14.6. The number of aryl methyl sites for hydroxylation is 1. The third-order valence-electron chi connectivity index (χ3n) is 8.42. The Hall–Kier alpha value is -4.14. The molecule has 1 N–H and O–H groups in total. The molecule has 5 rings (SSSR count). The third kappa shape index (κ3) is 8.56. The van der Waals surface area contributed by atoms with Gasteiger partial charge < -0.3 is 10.2 Å². The lowest BCUT2D eigenvalue weighted by molar-refractivity contribution is -0.140. The predicted octanol–water partition coefficient (Wildman–Crippen LogP) is 6.93. The minimum absolute atomic E-state index is 0.0366. The molecule has 0 heterocycles. The standard InChI is InChI=1S/C37H40ClN3O4S/c1-28-17-23-33(24-18-28)41(46(44,45)34-15-9-4-10-16-34)27-36(42)40(26-30-19-21-31(38)22-20-30)35(25-29-11-5-2-6-12-29)37(43)39-32-13-7-3-8-14-32/h2,4-6,9-12,15-24,32,35H,3,7-8,13-14,25-27H2,1H3,(H,39,43). The minimum atomic E-state index is -4.13. The van der Waals surface area contributed by atoms with Crippen LogP contribution in [0.15, 0.2) is 114 Å². The van der Waals surface area contributed by atoms with Crippen LogP contribution in [0.25, 0.3) is 0 Å². The highest BCUT2D eigenvalue weighted by molar-refractivity contribution is 7.92. The number of hydrogen-bond donors (Lipinski definition) is 1. The molecule has 1 aliphatic rings. The molecule has 4 aromatic rings. The largest absolute Gasteiger partial charge is 0.352 e. The van der Waals surface area contributed by atoms with Gasteiger partial charge in [-0.15, -0.1) is 0 Å². The second-order valence-corrected chi connectivity index (χ2v) is 14.2. The minimum Gasteiger partial charge on any atom is -0.352 e. The van der Waals surface area contributed by atoms with Gasteiger partial charge in [-0.2, -0.15) is 0 Å². The van der Waals surface area contributed by atoms with Crippen LogP contribution >= 0.6 is 11.6 Å². The van der Waals surface area contributed by atoms with Crippen molar-refractivity contribution in [2.75, 3.05) is 10.8 Å². The van der Waals surface area contributed by atoms with Crippen LogP contribution < -0.4 is 9.62 Å². The monoisotopic (exact) mass is 657 g/mol. The lowest BCUT2D eigenvalue weighted by Crippen LogP contribution is -2.55. The van der Waals surface area contributed by atoms with Crippen molar-refractivity contribution in [2.24, 2.45) is 0 Å². The molecule has 0 saturated heterocycles. The number of carbonyl (C=O) groups excluding carboxylic acids is 2. The summed E-state index contributed by atoms with van der Waals surface area (Å²) in [4.78, 5) is 30.3. The molecule has 9 heteroatoms. The predicted molar refractivity (Wildman–Crippen MR) is 183 cm³/mol.